The van der Waals surface area contributed by atoms with Crippen LogP contribution < -0.4 is 15.0 Å². The molecule has 0 aromatic heterocycles. The molecule has 0 saturated carbocycles. The number of urea groups is 1. The van der Waals surface area contributed by atoms with Crippen molar-refractivity contribution in [2.45, 2.75) is 19.9 Å². The second kappa shape index (κ2) is 7.47. The van der Waals surface area contributed by atoms with E-state index in [2.05, 4.69) is 5.32 Å². The van der Waals surface area contributed by atoms with E-state index in [0.29, 0.717) is 24.5 Å². The van der Waals surface area contributed by atoms with Gasteiger partial charge in [0.15, 0.2) is 0 Å². The van der Waals surface area contributed by atoms with Crippen LogP contribution in [0.5, 0.6) is 5.75 Å². The molecule has 1 unspecified atom stereocenters. The molecule has 3 amide bonds. The molecule has 2 aromatic rings. The van der Waals surface area contributed by atoms with Crippen LogP contribution >= 0.6 is 0 Å². The molecular formula is C20H23N3O3. The summed E-state index contributed by atoms with van der Waals surface area (Å²) in [6.07, 6.45) is 0. The molecule has 1 N–H and O–H groups in total. The van der Waals surface area contributed by atoms with E-state index in [1.54, 1.807) is 23.8 Å². The molecule has 136 valence electrons. The lowest BCUT2D eigenvalue weighted by atomic mass is 10.1. The Hall–Kier alpha value is -3.02. The van der Waals surface area contributed by atoms with Gasteiger partial charge in [-0.3, -0.25) is 4.79 Å². The van der Waals surface area contributed by atoms with Gasteiger partial charge in [0.2, 0.25) is 5.91 Å². The van der Waals surface area contributed by atoms with E-state index in [1.807, 2.05) is 55.5 Å². The van der Waals surface area contributed by atoms with Crippen molar-refractivity contribution in [2.24, 2.45) is 0 Å². The zero-order valence-electron chi connectivity index (χ0n) is 15.2. The molecule has 6 heteroatoms. The zero-order chi connectivity index (χ0) is 18.7. The number of para-hydroxylation sites is 2. The maximum Gasteiger partial charge on any atom is 0.322 e. The van der Waals surface area contributed by atoms with E-state index in [0.717, 1.165) is 11.3 Å². The normalized spacial score (nSPS) is 17.2. The van der Waals surface area contributed by atoms with Gasteiger partial charge in [0.25, 0.3) is 0 Å². The molecule has 0 radical (unpaired) electrons. The van der Waals surface area contributed by atoms with Gasteiger partial charge in [0, 0.05) is 18.8 Å². The number of carbonyl (C=O) groups is 2. The number of anilines is 2. The lowest BCUT2D eigenvalue weighted by molar-refractivity contribution is -0.123. The smallest absolute Gasteiger partial charge is 0.322 e. The van der Waals surface area contributed by atoms with Crippen LogP contribution in [0.4, 0.5) is 16.2 Å². The Bertz CT molecular complexity index is 804. The number of hydrogen-bond acceptors (Lipinski definition) is 3. The van der Waals surface area contributed by atoms with Crippen molar-refractivity contribution in [2.75, 3.05) is 30.4 Å². The van der Waals surface area contributed by atoms with Crippen molar-refractivity contribution >= 4 is 23.3 Å². The predicted molar refractivity (Wildman–Crippen MR) is 102 cm³/mol. The summed E-state index contributed by atoms with van der Waals surface area (Å²) in [6, 6.07) is 14.2. The molecule has 1 aliphatic heterocycles. The summed E-state index contributed by atoms with van der Waals surface area (Å²) in [5.41, 5.74) is 2.56. The summed E-state index contributed by atoms with van der Waals surface area (Å²) in [6.45, 7) is 4.61. The third kappa shape index (κ3) is 3.49. The highest BCUT2D eigenvalue weighted by Crippen LogP contribution is 2.30. The van der Waals surface area contributed by atoms with Crippen LogP contribution in [0, 0.1) is 6.92 Å². The summed E-state index contributed by atoms with van der Waals surface area (Å²) in [5, 5.41) is 2.86. The summed E-state index contributed by atoms with van der Waals surface area (Å²) < 4.78 is 5.36. The Morgan fingerprint density at radius 1 is 1.12 bits per heavy atom. The van der Waals surface area contributed by atoms with Gasteiger partial charge >= 0.3 is 6.03 Å². The maximum atomic E-state index is 12.9. The predicted octanol–water partition coefficient (Wildman–Crippen LogP) is 3.27. The van der Waals surface area contributed by atoms with Gasteiger partial charge in [-0.05, 0) is 38.1 Å². The van der Waals surface area contributed by atoms with E-state index in [9.17, 15) is 9.59 Å². The van der Waals surface area contributed by atoms with E-state index in [-0.39, 0.29) is 11.9 Å². The standard InChI is InChI=1S/C20H23N3O3/c1-14-8-10-16(11-9-14)21-20(25)22-12-13-23(19(24)15(22)2)17-6-4-5-7-18(17)26-3/h4-11,15H,12-13H2,1-3H3,(H,21,25). The minimum Gasteiger partial charge on any atom is -0.495 e. The van der Waals surface area contributed by atoms with E-state index < -0.39 is 6.04 Å². The summed E-state index contributed by atoms with van der Waals surface area (Å²) in [5.74, 6) is 0.519. The Morgan fingerprint density at radius 3 is 2.50 bits per heavy atom. The zero-order valence-corrected chi connectivity index (χ0v) is 15.2. The van der Waals surface area contributed by atoms with Crippen LogP contribution in [0.15, 0.2) is 48.5 Å². The number of ether oxygens (including phenoxy) is 1. The van der Waals surface area contributed by atoms with Crippen molar-refractivity contribution in [1.82, 2.24) is 4.90 Å². The van der Waals surface area contributed by atoms with Crippen molar-refractivity contribution < 1.29 is 14.3 Å². The monoisotopic (exact) mass is 353 g/mol. The second-order valence-electron chi connectivity index (χ2n) is 6.33. The maximum absolute atomic E-state index is 12.9. The summed E-state index contributed by atoms with van der Waals surface area (Å²) in [7, 11) is 1.58. The van der Waals surface area contributed by atoms with E-state index >= 15 is 0 Å². The van der Waals surface area contributed by atoms with E-state index in [4.69, 9.17) is 4.74 Å². The van der Waals surface area contributed by atoms with Gasteiger partial charge < -0.3 is 19.9 Å². The molecule has 0 bridgehead atoms. The second-order valence-corrected chi connectivity index (χ2v) is 6.33. The average Bonchev–Trinajstić information content (AvgIpc) is 2.65. The fraction of sp³-hybridized carbons (Fsp3) is 0.300. The summed E-state index contributed by atoms with van der Waals surface area (Å²) in [4.78, 5) is 28.7. The van der Waals surface area contributed by atoms with Gasteiger partial charge in [-0.15, -0.1) is 0 Å². The first-order valence-electron chi connectivity index (χ1n) is 8.60. The minimum atomic E-state index is -0.556. The molecule has 1 heterocycles. The number of rotatable bonds is 3. The number of piperazine rings is 1. The Labute approximate surface area is 153 Å². The molecule has 0 aliphatic carbocycles. The average molecular weight is 353 g/mol. The fourth-order valence-electron chi connectivity index (χ4n) is 3.07. The Balaban J connectivity index is 1.73. The number of nitrogens with zero attached hydrogens (tertiary/aromatic N) is 2. The SMILES string of the molecule is COc1ccccc1N1CCN(C(=O)Nc2ccc(C)cc2)C(C)C1=O. The highest BCUT2D eigenvalue weighted by molar-refractivity contribution is 6.02. The topological polar surface area (TPSA) is 61.9 Å². The number of aryl methyl sites for hydroxylation is 1. The van der Waals surface area contributed by atoms with Gasteiger partial charge in [0.1, 0.15) is 11.8 Å². The first kappa shape index (κ1) is 17.8. The lowest BCUT2D eigenvalue weighted by Crippen LogP contribution is -2.58. The number of nitrogens with one attached hydrogen (secondary N) is 1. The third-order valence-corrected chi connectivity index (χ3v) is 4.60. The number of benzene rings is 2. The molecule has 0 spiro atoms. The van der Waals surface area contributed by atoms with Crippen LogP contribution in [0.25, 0.3) is 0 Å². The minimum absolute atomic E-state index is 0.125. The van der Waals surface area contributed by atoms with Crippen molar-refractivity contribution in [3.05, 3.63) is 54.1 Å². The van der Waals surface area contributed by atoms with Gasteiger partial charge in [-0.25, -0.2) is 4.79 Å². The molecule has 1 atom stereocenters. The lowest BCUT2D eigenvalue weighted by Gasteiger charge is -2.39. The molecule has 2 aromatic carbocycles. The molecule has 1 saturated heterocycles. The quantitative estimate of drug-likeness (QED) is 0.921. The van der Waals surface area contributed by atoms with Crippen LogP contribution in [0.2, 0.25) is 0 Å². The molecule has 26 heavy (non-hydrogen) atoms. The molecule has 1 aliphatic rings. The fourth-order valence-corrected chi connectivity index (χ4v) is 3.07. The number of amides is 3. The van der Waals surface area contributed by atoms with Gasteiger partial charge in [-0.1, -0.05) is 29.8 Å². The highest BCUT2D eigenvalue weighted by Gasteiger charge is 2.35. The number of methoxy groups -OCH3 is 1. The van der Waals surface area contributed by atoms with Crippen molar-refractivity contribution in [3.63, 3.8) is 0 Å². The van der Waals surface area contributed by atoms with Crippen LogP contribution in [0.1, 0.15) is 12.5 Å². The first-order chi connectivity index (χ1) is 12.5. The first-order valence-corrected chi connectivity index (χ1v) is 8.60. The van der Waals surface area contributed by atoms with E-state index in [1.165, 1.54) is 0 Å². The van der Waals surface area contributed by atoms with Crippen LogP contribution in [0.3, 0.4) is 0 Å². The largest absolute Gasteiger partial charge is 0.495 e. The number of carbonyl (C=O) groups excluding carboxylic acids is 2. The Morgan fingerprint density at radius 2 is 1.81 bits per heavy atom. The summed E-state index contributed by atoms with van der Waals surface area (Å²) >= 11 is 0. The molecule has 1 fully saturated rings. The van der Waals surface area contributed by atoms with Crippen molar-refractivity contribution in [1.29, 1.82) is 0 Å². The van der Waals surface area contributed by atoms with Gasteiger partial charge in [0.05, 0.1) is 12.8 Å². The van der Waals surface area contributed by atoms with Crippen LogP contribution in [-0.4, -0.2) is 43.1 Å². The molecular weight excluding hydrogens is 330 g/mol. The number of hydrogen-bond donors (Lipinski definition) is 1. The third-order valence-electron chi connectivity index (χ3n) is 4.60. The molecule has 6 nitrogen and oxygen atoms in total. The Kier molecular flexibility index (Phi) is 5.11. The van der Waals surface area contributed by atoms with Crippen molar-refractivity contribution in [3.8, 4) is 5.75 Å². The van der Waals surface area contributed by atoms with Gasteiger partial charge in [-0.2, -0.15) is 0 Å². The van der Waals surface area contributed by atoms with Crippen LogP contribution in [-0.2, 0) is 4.79 Å². The molecule has 3 rings (SSSR count). The highest BCUT2D eigenvalue weighted by atomic mass is 16.5.